The van der Waals surface area contributed by atoms with Gasteiger partial charge < -0.3 is 20.1 Å². The number of hydrogen-bond acceptors (Lipinski definition) is 3. The Hall–Kier alpha value is -1.75. The van der Waals surface area contributed by atoms with Gasteiger partial charge in [0.1, 0.15) is 5.75 Å². The maximum Gasteiger partial charge on any atom is 0.191 e. The Labute approximate surface area is 152 Å². The Balaban J connectivity index is 1.71. The van der Waals surface area contributed by atoms with Gasteiger partial charge in [-0.1, -0.05) is 12.1 Å². The monoisotopic (exact) mass is 347 g/mol. The van der Waals surface area contributed by atoms with Crippen molar-refractivity contribution in [1.82, 2.24) is 10.6 Å². The molecule has 0 aromatic heterocycles. The molecule has 0 heterocycles. The predicted molar refractivity (Wildman–Crippen MR) is 104 cm³/mol. The number of methoxy groups -OCH3 is 1. The molecule has 1 aromatic rings. The normalized spacial score (nSPS) is 15.4. The van der Waals surface area contributed by atoms with Crippen molar-refractivity contribution in [1.29, 1.82) is 0 Å². The van der Waals surface area contributed by atoms with Gasteiger partial charge in [0.25, 0.3) is 0 Å². The molecule has 2 rings (SSSR count). The van der Waals surface area contributed by atoms with Crippen molar-refractivity contribution in [3.05, 3.63) is 29.8 Å². The Morgan fingerprint density at radius 3 is 2.60 bits per heavy atom. The third-order valence-corrected chi connectivity index (χ3v) is 4.36. The molecular weight excluding hydrogens is 314 g/mol. The molecule has 0 radical (unpaired) electrons. The second-order valence-corrected chi connectivity index (χ2v) is 6.45. The standard InChI is InChI=1S/C20H33N3O2/c1-3-21-20(22-14-6-16-24-2)23-15-13-17-9-11-19(12-10-17)25-18-7-4-5-8-18/h9-12,18H,3-8,13-16H2,1-2H3,(H2,21,22,23). The van der Waals surface area contributed by atoms with Gasteiger partial charge >= 0.3 is 0 Å². The van der Waals surface area contributed by atoms with Gasteiger partial charge in [-0.3, -0.25) is 4.99 Å². The van der Waals surface area contributed by atoms with Crippen LogP contribution in [0.25, 0.3) is 0 Å². The molecule has 1 saturated carbocycles. The van der Waals surface area contributed by atoms with Crippen molar-refractivity contribution in [3.8, 4) is 5.75 Å². The van der Waals surface area contributed by atoms with Crippen molar-refractivity contribution in [2.24, 2.45) is 4.99 Å². The van der Waals surface area contributed by atoms with Crippen LogP contribution in [0.2, 0.25) is 0 Å². The maximum atomic E-state index is 6.01. The quantitative estimate of drug-likeness (QED) is 0.388. The summed E-state index contributed by atoms with van der Waals surface area (Å²) in [5.74, 6) is 1.87. The number of guanidine groups is 1. The fourth-order valence-electron chi connectivity index (χ4n) is 3.00. The van der Waals surface area contributed by atoms with E-state index in [0.717, 1.165) is 50.8 Å². The predicted octanol–water partition coefficient (Wildman–Crippen LogP) is 3.14. The first-order valence-corrected chi connectivity index (χ1v) is 9.58. The minimum Gasteiger partial charge on any atom is -0.490 e. The molecule has 1 aliphatic rings. The lowest BCUT2D eigenvalue weighted by atomic mass is 10.1. The highest BCUT2D eigenvalue weighted by molar-refractivity contribution is 5.79. The molecule has 5 heteroatoms. The SMILES string of the molecule is CCNC(=NCCCOC)NCCc1ccc(OC2CCCC2)cc1. The first-order chi connectivity index (χ1) is 12.3. The molecule has 1 aromatic carbocycles. The Morgan fingerprint density at radius 1 is 1.16 bits per heavy atom. The van der Waals surface area contributed by atoms with Gasteiger partial charge in [-0.25, -0.2) is 0 Å². The molecule has 25 heavy (non-hydrogen) atoms. The molecule has 0 bridgehead atoms. The van der Waals surface area contributed by atoms with Crippen LogP contribution < -0.4 is 15.4 Å². The fraction of sp³-hybridized carbons (Fsp3) is 0.650. The number of ether oxygens (including phenoxy) is 2. The lowest BCUT2D eigenvalue weighted by Gasteiger charge is -2.14. The van der Waals surface area contributed by atoms with Crippen molar-refractivity contribution >= 4 is 5.96 Å². The summed E-state index contributed by atoms with van der Waals surface area (Å²) in [6.07, 6.45) is 7.32. The van der Waals surface area contributed by atoms with Crippen molar-refractivity contribution in [3.63, 3.8) is 0 Å². The first-order valence-electron chi connectivity index (χ1n) is 9.58. The van der Waals surface area contributed by atoms with Gasteiger partial charge in [-0.15, -0.1) is 0 Å². The van der Waals surface area contributed by atoms with E-state index < -0.39 is 0 Å². The van der Waals surface area contributed by atoms with Gasteiger partial charge in [-0.2, -0.15) is 0 Å². The van der Waals surface area contributed by atoms with E-state index in [0.29, 0.717) is 6.10 Å². The molecule has 0 aliphatic heterocycles. The van der Waals surface area contributed by atoms with E-state index in [9.17, 15) is 0 Å². The minimum absolute atomic E-state index is 0.421. The number of nitrogens with zero attached hydrogens (tertiary/aromatic N) is 1. The Bertz CT molecular complexity index is 496. The number of nitrogens with one attached hydrogen (secondary N) is 2. The highest BCUT2D eigenvalue weighted by Crippen LogP contribution is 2.24. The highest BCUT2D eigenvalue weighted by Gasteiger charge is 2.16. The largest absolute Gasteiger partial charge is 0.490 e. The summed E-state index contributed by atoms with van der Waals surface area (Å²) < 4.78 is 11.1. The molecule has 0 saturated heterocycles. The summed E-state index contributed by atoms with van der Waals surface area (Å²) >= 11 is 0. The van der Waals surface area contributed by atoms with Gasteiger partial charge in [0.2, 0.25) is 0 Å². The van der Waals surface area contributed by atoms with Gasteiger partial charge in [0.05, 0.1) is 6.10 Å². The number of aliphatic imine (C=N–C) groups is 1. The van der Waals surface area contributed by atoms with Gasteiger partial charge in [0.15, 0.2) is 5.96 Å². The molecule has 0 amide bonds. The zero-order valence-corrected chi connectivity index (χ0v) is 15.7. The van der Waals surface area contributed by atoms with E-state index in [2.05, 4.69) is 46.8 Å². The fourth-order valence-corrected chi connectivity index (χ4v) is 3.00. The maximum absolute atomic E-state index is 6.01. The van der Waals surface area contributed by atoms with E-state index in [-0.39, 0.29) is 0 Å². The Morgan fingerprint density at radius 2 is 1.92 bits per heavy atom. The zero-order valence-electron chi connectivity index (χ0n) is 15.7. The first kappa shape index (κ1) is 19.6. The van der Waals surface area contributed by atoms with Gasteiger partial charge in [-0.05, 0) is 63.1 Å². The average molecular weight is 348 g/mol. The van der Waals surface area contributed by atoms with Crippen LogP contribution in [0.15, 0.2) is 29.3 Å². The van der Waals surface area contributed by atoms with Crippen LogP contribution in [0.5, 0.6) is 5.75 Å². The topological polar surface area (TPSA) is 54.9 Å². The summed E-state index contributed by atoms with van der Waals surface area (Å²) in [7, 11) is 1.72. The third-order valence-electron chi connectivity index (χ3n) is 4.36. The molecular formula is C20H33N3O2. The lowest BCUT2D eigenvalue weighted by molar-refractivity contribution is 0.197. The molecule has 1 aliphatic carbocycles. The summed E-state index contributed by atoms with van der Waals surface area (Å²) in [6, 6.07) is 8.51. The van der Waals surface area contributed by atoms with Crippen LogP contribution in [0.3, 0.4) is 0 Å². The molecule has 5 nitrogen and oxygen atoms in total. The molecule has 1 fully saturated rings. The summed E-state index contributed by atoms with van der Waals surface area (Å²) in [5.41, 5.74) is 1.31. The molecule has 0 atom stereocenters. The third kappa shape index (κ3) is 7.78. The smallest absolute Gasteiger partial charge is 0.191 e. The van der Waals surface area contributed by atoms with Crippen LogP contribution in [0.1, 0.15) is 44.6 Å². The van der Waals surface area contributed by atoms with E-state index in [4.69, 9.17) is 9.47 Å². The van der Waals surface area contributed by atoms with E-state index in [1.165, 1.54) is 31.2 Å². The van der Waals surface area contributed by atoms with Crippen LogP contribution in [-0.4, -0.2) is 45.4 Å². The molecule has 0 unspecified atom stereocenters. The van der Waals surface area contributed by atoms with Crippen LogP contribution in [-0.2, 0) is 11.2 Å². The lowest BCUT2D eigenvalue weighted by Crippen LogP contribution is -2.38. The van der Waals surface area contributed by atoms with Crippen LogP contribution in [0.4, 0.5) is 0 Å². The van der Waals surface area contributed by atoms with Gasteiger partial charge in [0, 0.05) is 33.4 Å². The van der Waals surface area contributed by atoms with Crippen molar-refractivity contribution in [2.75, 3.05) is 33.4 Å². The zero-order chi connectivity index (χ0) is 17.7. The number of hydrogen-bond donors (Lipinski definition) is 2. The van der Waals surface area contributed by atoms with Crippen LogP contribution in [0, 0.1) is 0 Å². The van der Waals surface area contributed by atoms with Crippen LogP contribution >= 0.6 is 0 Å². The second-order valence-electron chi connectivity index (χ2n) is 6.45. The number of rotatable bonds is 10. The van der Waals surface area contributed by atoms with Crippen molar-refractivity contribution < 1.29 is 9.47 Å². The number of benzene rings is 1. The van der Waals surface area contributed by atoms with Crippen molar-refractivity contribution in [2.45, 2.75) is 51.6 Å². The van der Waals surface area contributed by atoms with E-state index >= 15 is 0 Å². The molecule has 2 N–H and O–H groups in total. The highest BCUT2D eigenvalue weighted by atomic mass is 16.5. The van der Waals surface area contributed by atoms with E-state index in [1.807, 2.05) is 0 Å². The van der Waals surface area contributed by atoms with E-state index in [1.54, 1.807) is 7.11 Å². The molecule has 140 valence electrons. The summed E-state index contributed by atoms with van der Waals surface area (Å²) in [5, 5.41) is 6.66. The Kier molecular flexibility index (Phi) is 9.19. The molecule has 0 spiro atoms. The summed E-state index contributed by atoms with van der Waals surface area (Å²) in [4.78, 5) is 4.55. The minimum atomic E-state index is 0.421. The second kappa shape index (κ2) is 11.7. The average Bonchev–Trinajstić information content (AvgIpc) is 3.13. The summed E-state index contributed by atoms with van der Waals surface area (Å²) in [6.45, 7) is 5.33.